The number of carbonyl (C=O) groups excluding carboxylic acids is 2. The number of rotatable bonds is 8. The fraction of sp³-hybridized carbons (Fsp3) is 0.500. The van der Waals surface area contributed by atoms with Crippen LogP contribution < -0.4 is 10.6 Å². The minimum absolute atomic E-state index is 0.0587. The van der Waals surface area contributed by atoms with Crippen molar-refractivity contribution < 1.29 is 19.5 Å². The molecule has 0 aromatic carbocycles. The van der Waals surface area contributed by atoms with Crippen LogP contribution in [0, 0.1) is 0 Å². The van der Waals surface area contributed by atoms with Gasteiger partial charge in [0.2, 0.25) is 11.8 Å². The summed E-state index contributed by atoms with van der Waals surface area (Å²) in [6.45, 7) is 1.65. The zero-order valence-corrected chi connectivity index (χ0v) is 11.2. The van der Waals surface area contributed by atoms with Crippen molar-refractivity contribution in [3.8, 4) is 0 Å². The molecule has 8 heteroatoms. The Hall–Kier alpha value is -2.38. The highest BCUT2D eigenvalue weighted by Crippen LogP contribution is 1.99. The number of aromatic amines is 1. The fourth-order valence-corrected chi connectivity index (χ4v) is 1.65. The molecule has 4 N–H and O–H groups in total. The molecule has 1 heterocycles. The second-order valence-electron chi connectivity index (χ2n) is 4.29. The topological polar surface area (TPSA) is 124 Å². The van der Waals surface area contributed by atoms with E-state index >= 15 is 0 Å². The van der Waals surface area contributed by atoms with Crippen molar-refractivity contribution in [3.63, 3.8) is 0 Å². The molecule has 0 aliphatic carbocycles. The first-order valence-corrected chi connectivity index (χ1v) is 6.23. The number of aliphatic carboxylic acids is 1. The fourth-order valence-electron chi connectivity index (χ4n) is 1.65. The van der Waals surface area contributed by atoms with Crippen LogP contribution in [0.25, 0.3) is 0 Å². The highest BCUT2D eigenvalue weighted by Gasteiger charge is 2.19. The van der Waals surface area contributed by atoms with Crippen LogP contribution in [0.1, 0.15) is 25.5 Å². The Kier molecular flexibility index (Phi) is 6.21. The van der Waals surface area contributed by atoms with Crippen molar-refractivity contribution in [2.75, 3.05) is 6.54 Å². The lowest BCUT2D eigenvalue weighted by Crippen LogP contribution is -2.46. The maximum atomic E-state index is 11.9. The molecule has 0 radical (unpaired) electrons. The molecule has 0 saturated heterocycles. The average molecular weight is 282 g/mol. The third-order valence-corrected chi connectivity index (χ3v) is 2.58. The lowest BCUT2D eigenvalue weighted by atomic mass is 10.1. The lowest BCUT2D eigenvalue weighted by molar-refractivity contribution is -0.137. The van der Waals surface area contributed by atoms with Crippen LogP contribution >= 0.6 is 0 Å². The van der Waals surface area contributed by atoms with Gasteiger partial charge in [-0.3, -0.25) is 14.4 Å². The van der Waals surface area contributed by atoms with Crippen molar-refractivity contribution in [2.45, 2.75) is 32.2 Å². The number of nitrogens with zero attached hydrogens (tertiary/aromatic N) is 1. The predicted molar refractivity (Wildman–Crippen MR) is 69.8 cm³/mol. The smallest absolute Gasteiger partial charge is 0.303 e. The first kappa shape index (κ1) is 15.7. The number of hydrogen-bond acceptors (Lipinski definition) is 4. The summed E-state index contributed by atoms with van der Waals surface area (Å²) < 4.78 is 0. The maximum absolute atomic E-state index is 11.9. The summed E-state index contributed by atoms with van der Waals surface area (Å²) in [7, 11) is 0. The van der Waals surface area contributed by atoms with Crippen LogP contribution in [0.3, 0.4) is 0 Å². The summed E-state index contributed by atoms with van der Waals surface area (Å²) >= 11 is 0. The van der Waals surface area contributed by atoms with Gasteiger partial charge in [-0.05, 0) is 6.42 Å². The Morgan fingerprint density at radius 2 is 2.20 bits per heavy atom. The van der Waals surface area contributed by atoms with Crippen LogP contribution in [-0.4, -0.2) is 45.4 Å². The van der Waals surface area contributed by atoms with E-state index in [1.54, 1.807) is 12.5 Å². The number of H-pyrrole nitrogens is 1. The number of carboxylic acids is 1. The van der Waals surface area contributed by atoms with E-state index < -0.39 is 17.9 Å². The van der Waals surface area contributed by atoms with E-state index in [2.05, 4.69) is 20.6 Å². The zero-order valence-electron chi connectivity index (χ0n) is 11.2. The van der Waals surface area contributed by atoms with E-state index in [0.717, 1.165) is 5.69 Å². The standard InChI is InChI=1S/C12H18N4O4/c1-8(17)16-10(2-3-11(18)19)12(20)14-5-4-9-6-13-7-15-9/h6-7,10H,2-5H2,1H3,(H,13,15)(H,14,20)(H,16,17)(H,18,19). The predicted octanol–water partition coefficient (Wildman–Crippen LogP) is -0.562. The largest absolute Gasteiger partial charge is 0.481 e. The summed E-state index contributed by atoms with van der Waals surface area (Å²) in [5.74, 6) is -1.77. The highest BCUT2D eigenvalue weighted by atomic mass is 16.4. The van der Waals surface area contributed by atoms with Crippen molar-refractivity contribution in [2.24, 2.45) is 0 Å². The summed E-state index contributed by atoms with van der Waals surface area (Å²) in [6.07, 6.45) is 3.70. The van der Waals surface area contributed by atoms with Gasteiger partial charge in [-0.25, -0.2) is 4.98 Å². The highest BCUT2D eigenvalue weighted by molar-refractivity contribution is 5.87. The minimum Gasteiger partial charge on any atom is -0.481 e. The van der Waals surface area contributed by atoms with E-state index in [4.69, 9.17) is 5.11 Å². The van der Waals surface area contributed by atoms with Gasteiger partial charge in [0.05, 0.1) is 12.0 Å². The van der Waals surface area contributed by atoms with Crippen LogP contribution in [0.2, 0.25) is 0 Å². The Morgan fingerprint density at radius 1 is 1.45 bits per heavy atom. The van der Waals surface area contributed by atoms with E-state index in [1.807, 2.05) is 0 Å². The van der Waals surface area contributed by atoms with Gasteiger partial charge in [-0.1, -0.05) is 0 Å². The van der Waals surface area contributed by atoms with Crippen LogP contribution in [0.5, 0.6) is 0 Å². The van der Waals surface area contributed by atoms with Gasteiger partial charge in [0.25, 0.3) is 0 Å². The average Bonchev–Trinajstić information content (AvgIpc) is 2.86. The molecule has 0 fully saturated rings. The number of nitrogens with one attached hydrogen (secondary N) is 3. The molecule has 20 heavy (non-hydrogen) atoms. The minimum atomic E-state index is -1.01. The molecular formula is C12H18N4O4. The molecule has 0 spiro atoms. The van der Waals surface area contributed by atoms with Gasteiger partial charge in [0.15, 0.2) is 0 Å². The lowest BCUT2D eigenvalue weighted by Gasteiger charge is -2.16. The molecular weight excluding hydrogens is 264 g/mol. The van der Waals surface area contributed by atoms with E-state index in [0.29, 0.717) is 13.0 Å². The van der Waals surface area contributed by atoms with Crippen LogP contribution in [-0.2, 0) is 20.8 Å². The first-order valence-electron chi connectivity index (χ1n) is 6.23. The number of hydrogen-bond donors (Lipinski definition) is 4. The number of amides is 2. The second-order valence-corrected chi connectivity index (χ2v) is 4.29. The molecule has 0 aliphatic heterocycles. The van der Waals surface area contributed by atoms with Crippen molar-refractivity contribution in [1.82, 2.24) is 20.6 Å². The second kappa shape index (κ2) is 7.93. The molecule has 2 amide bonds. The quantitative estimate of drug-likeness (QED) is 0.508. The Balaban J connectivity index is 2.40. The van der Waals surface area contributed by atoms with Crippen molar-refractivity contribution in [1.29, 1.82) is 0 Å². The van der Waals surface area contributed by atoms with E-state index in [-0.39, 0.29) is 18.7 Å². The number of carbonyl (C=O) groups is 3. The van der Waals surface area contributed by atoms with Crippen molar-refractivity contribution >= 4 is 17.8 Å². The first-order chi connectivity index (χ1) is 9.49. The molecule has 110 valence electrons. The van der Waals surface area contributed by atoms with Gasteiger partial charge < -0.3 is 20.7 Å². The Labute approximate surface area is 116 Å². The van der Waals surface area contributed by atoms with Gasteiger partial charge in [-0.2, -0.15) is 0 Å². The summed E-state index contributed by atoms with van der Waals surface area (Å²) in [5.41, 5.74) is 0.812. The molecule has 1 rings (SSSR count). The van der Waals surface area contributed by atoms with Gasteiger partial charge in [0, 0.05) is 32.5 Å². The van der Waals surface area contributed by atoms with Gasteiger partial charge >= 0.3 is 5.97 Å². The molecule has 1 atom stereocenters. The maximum Gasteiger partial charge on any atom is 0.303 e. The van der Waals surface area contributed by atoms with Crippen LogP contribution in [0.15, 0.2) is 12.5 Å². The van der Waals surface area contributed by atoms with Crippen LogP contribution in [0.4, 0.5) is 0 Å². The summed E-state index contributed by atoms with van der Waals surface area (Å²) in [4.78, 5) is 40.2. The summed E-state index contributed by atoms with van der Waals surface area (Å²) in [5, 5.41) is 13.7. The number of imidazole rings is 1. The SMILES string of the molecule is CC(=O)NC(CCC(=O)O)C(=O)NCCc1c[nH]cn1. The summed E-state index contributed by atoms with van der Waals surface area (Å²) in [6, 6.07) is -0.831. The zero-order chi connectivity index (χ0) is 15.0. The molecule has 1 aromatic rings. The molecule has 0 bridgehead atoms. The van der Waals surface area contributed by atoms with Crippen molar-refractivity contribution in [3.05, 3.63) is 18.2 Å². The molecule has 8 nitrogen and oxygen atoms in total. The van der Waals surface area contributed by atoms with E-state index in [9.17, 15) is 14.4 Å². The van der Waals surface area contributed by atoms with E-state index in [1.165, 1.54) is 6.92 Å². The van der Waals surface area contributed by atoms with Gasteiger partial charge in [-0.15, -0.1) is 0 Å². The Bertz CT molecular complexity index is 458. The Morgan fingerprint density at radius 3 is 2.75 bits per heavy atom. The molecule has 0 saturated carbocycles. The molecule has 1 aromatic heterocycles. The normalized spacial score (nSPS) is 11.7. The molecule has 1 unspecified atom stereocenters. The third-order valence-electron chi connectivity index (χ3n) is 2.58. The third kappa shape index (κ3) is 5.98. The molecule has 0 aliphatic rings. The number of carboxylic acid groups (broad SMARTS) is 1. The van der Waals surface area contributed by atoms with Gasteiger partial charge in [0.1, 0.15) is 6.04 Å². The number of aromatic nitrogens is 2. The monoisotopic (exact) mass is 282 g/mol.